The van der Waals surface area contributed by atoms with E-state index < -0.39 is 0 Å². The van der Waals surface area contributed by atoms with Crippen molar-refractivity contribution in [1.82, 2.24) is 10.3 Å². The van der Waals surface area contributed by atoms with E-state index in [1.165, 1.54) is 12.8 Å². The number of nitrogens with one attached hydrogen (secondary N) is 1. The first-order valence-corrected chi connectivity index (χ1v) is 10.2. The lowest BCUT2D eigenvalue weighted by Gasteiger charge is -2.27. The molecule has 1 amide bonds. The molecule has 144 valence electrons. The normalized spacial score (nSPS) is 19.5. The number of benzene rings is 2. The van der Waals surface area contributed by atoms with Crippen LogP contribution >= 0.6 is 0 Å². The Hall–Kier alpha value is -2.72. The van der Waals surface area contributed by atoms with Gasteiger partial charge >= 0.3 is 0 Å². The van der Waals surface area contributed by atoms with Crippen molar-refractivity contribution in [1.29, 1.82) is 0 Å². The van der Waals surface area contributed by atoms with Crippen LogP contribution in [0.3, 0.4) is 0 Å². The van der Waals surface area contributed by atoms with Crippen molar-refractivity contribution in [2.45, 2.75) is 25.7 Å². The van der Waals surface area contributed by atoms with Crippen molar-refractivity contribution >= 4 is 16.8 Å². The molecule has 1 aliphatic rings. The molecule has 3 aromatic rings. The molecule has 1 heterocycles. The van der Waals surface area contributed by atoms with Crippen LogP contribution in [-0.2, 0) is 0 Å². The third kappa shape index (κ3) is 4.07. The van der Waals surface area contributed by atoms with Crippen LogP contribution in [0, 0.1) is 11.8 Å². The van der Waals surface area contributed by atoms with E-state index in [0.29, 0.717) is 17.4 Å². The fraction of sp³-hybridized carbons (Fsp3) is 0.333. The Kier molecular flexibility index (Phi) is 5.68. The first kappa shape index (κ1) is 18.6. The minimum atomic E-state index is -0.0169. The summed E-state index contributed by atoms with van der Waals surface area (Å²) in [5.41, 5.74) is 9.17. The molecule has 1 aliphatic carbocycles. The highest BCUT2D eigenvalue weighted by Gasteiger charge is 2.21. The summed E-state index contributed by atoms with van der Waals surface area (Å²) in [6.45, 7) is 1.51. The Morgan fingerprint density at radius 1 is 0.964 bits per heavy atom. The number of amides is 1. The van der Waals surface area contributed by atoms with Crippen LogP contribution in [0.1, 0.15) is 36.0 Å². The largest absolute Gasteiger partial charge is 0.352 e. The van der Waals surface area contributed by atoms with Gasteiger partial charge in [0.2, 0.25) is 0 Å². The average molecular weight is 374 g/mol. The number of hydrogen-bond donors (Lipinski definition) is 2. The quantitative estimate of drug-likeness (QED) is 0.697. The van der Waals surface area contributed by atoms with Gasteiger partial charge in [-0.25, -0.2) is 4.98 Å². The van der Waals surface area contributed by atoms with Gasteiger partial charge in [-0.1, -0.05) is 48.5 Å². The zero-order chi connectivity index (χ0) is 19.3. The van der Waals surface area contributed by atoms with Gasteiger partial charge in [0, 0.05) is 17.5 Å². The number of carbonyl (C=O) groups excluding carboxylic acids is 1. The minimum absolute atomic E-state index is 0.0169. The van der Waals surface area contributed by atoms with E-state index in [0.717, 1.165) is 48.1 Å². The van der Waals surface area contributed by atoms with Gasteiger partial charge in [-0.2, -0.15) is 0 Å². The van der Waals surface area contributed by atoms with Crippen molar-refractivity contribution in [2.75, 3.05) is 13.1 Å². The molecule has 2 aromatic carbocycles. The van der Waals surface area contributed by atoms with Crippen molar-refractivity contribution in [3.8, 4) is 11.3 Å². The number of nitrogens with two attached hydrogens (primary N) is 1. The molecule has 4 rings (SSSR count). The number of para-hydroxylation sites is 1. The predicted octanol–water partition coefficient (Wildman–Crippen LogP) is 4.40. The lowest BCUT2D eigenvalue weighted by molar-refractivity contribution is 0.0943. The second-order valence-electron chi connectivity index (χ2n) is 7.77. The van der Waals surface area contributed by atoms with Gasteiger partial charge in [0.1, 0.15) is 0 Å². The van der Waals surface area contributed by atoms with E-state index >= 15 is 0 Å². The standard InChI is InChI=1S/C24H27N3O/c25-15-17-10-12-18(13-11-17)16-26-24(28)21-14-23(19-6-2-1-3-7-19)27-22-9-5-4-8-20(21)22/h1-9,14,17-18H,10-13,15-16,25H2,(H,26,28)/t17-,18-. The van der Waals surface area contributed by atoms with Crippen molar-refractivity contribution in [2.24, 2.45) is 17.6 Å². The molecule has 4 heteroatoms. The van der Waals surface area contributed by atoms with E-state index in [1.54, 1.807) is 0 Å². The molecule has 3 N–H and O–H groups in total. The monoisotopic (exact) mass is 373 g/mol. The van der Waals surface area contributed by atoms with Crippen LogP contribution in [0.5, 0.6) is 0 Å². The van der Waals surface area contributed by atoms with Crippen LogP contribution in [0.2, 0.25) is 0 Å². The number of carbonyl (C=O) groups is 1. The maximum absolute atomic E-state index is 13.0. The molecule has 1 saturated carbocycles. The zero-order valence-electron chi connectivity index (χ0n) is 16.1. The molecule has 0 bridgehead atoms. The van der Waals surface area contributed by atoms with Gasteiger partial charge in [0.15, 0.2) is 0 Å². The van der Waals surface area contributed by atoms with Crippen molar-refractivity contribution in [3.05, 3.63) is 66.2 Å². The van der Waals surface area contributed by atoms with E-state index in [2.05, 4.69) is 5.32 Å². The van der Waals surface area contributed by atoms with Crippen molar-refractivity contribution in [3.63, 3.8) is 0 Å². The molecular formula is C24H27N3O. The first-order valence-electron chi connectivity index (χ1n) is 10.2. The smallest absolute Gasteiger partial charge is 0.252 e. The number of rotatable bonds is 5. The third-order valence-electron chi connectivity index (χ3n) is 5.88. The Balaban J connectivity index is 1.56. The van der Waals surface area contributed by atoms with E-state index in [4.69, 9.17) is 10.7 Å². The molecule has 1 fully saturated rings. The predicted molar refractivity (Wildman–Crippen MR) is 114 cm³/mol. The lowest BCUT2D eigenvalue weighted by atomic mass is 9.82. The van der Waals surface area contributed by atoms with E-state index in [9.17, 15) is 4.79 Å². The third-order valence-corrected chi connectivity index (χ3v) is 5.88. The maximum Gasteiger partial charge on any atom is 0.252 e. The molecule has 0 radical (unpaired) electrons. The molecule has 0 unspecified atom stereocenters. The number of aromatic nitrogens is 1. The number of hydrogen-bond acceptors (Lipinski definition) is 3. The zero-order valence-corrected chi connectivity index (χ0v) is 16.1. The highest BCUT2D eigenvalue weighted by molar-refractivity contribution is 6.07. The van der Waals surface area contributed by atoms with E-state index in [-0.39, 0.29) is 5.91 Å². The summed E-state index contributed by atoms with van der Waals surface area (Å²) in [6, 6.07) is 19.8. The molecule has 1 aromatic heterocycles. The van der Waals surface area contributed by atoms with Gasteiger partial charge in [-0.15, -0.1) is 0 Å². The first-order chi connectivity index (χ1) is 13.7. The Bertz CT molecular complexity index is 946. The van der Waals surface area contributed by atoms with Gasteiger partial charge in [0.25, 0.3) is 5.91 Å². The Morgan fingerprint density at radius 3 is 2.39 bits per heavy atom. The summed E-state index contributed by atoms with van der Waals surface area (Å²) >= 11 is 0. The molecule has 28 heavy (non-hydrogen) atoms. The van der Waals surface area contributed by atoms with Crippen LogP contribution in [0.4, 0.5) is 0 Å². The fourth-order valence-corrected chi connectivity index (χ4v) is 4.12. The minimum Gasteiger partial charge on any atom is -0.352 e. The van der Waals surface area contributed by atoms with Crippen molar-refractivity contribution < 1.29 is 4.79 Å². The molecule has 0 atom stereocenters. The second kappa shape index (κ2) is 8.53. The second-order valence-corrected chi connectivity index (χ2v) is 7.77. The summed E-state index contributed by atoms with van der Waals surface area (Å²) in [4.78, 5) is 17.8. The highest BCUT2D eigenvalue weighted by atomic mass is 16.1. The summed E-state index contributed by atoms with van der Waals surface area (Å²) in [6.07, 6.45) is 4.64. The molecule has 0 aliphatic heterocycles. The lowest BCUT2D eigenvalue weighted by Crippen LogP contribution is -2.32. The Labute approximate surface area is 166 Å². The summed E-state index contributed by atoms with van der Waals surface area (Å²) in [5.74, 6) is 1.19. The summed E-state index contributed by atoms with van der Waals surface area (Å²) < 4.78 is 0. The maximum atomic E-state index is 13.0. The van der Waals surface area contributed by atoms with Gasteiger partial charge in [-0.3, -0.25) is 4.79 Å². The number of pyridine rings is 1. The van der Waals surface area contributed by atoms with Gasteiger partial charge < -0.3 is 11.1 Å². The van der Waals surface area contributed by atoms with E-state index in [1.807, 2.05) is 60.7 Å². The SMILES string of the molecule is NC[C@H]1CC[C@H](CNC(=O)c2cc(-c3ccccc3)nc3ccccc23)CC1. The van der Waals surface area contributed by atoms with Crippen LogP contribution in [0.15, 0.2) is 60.7 Å². The van der Waals surface area contributed by atoms with Gasteiger partial charge in [0.05, 0.1) is 16.8 Å². The Morgan fingerprint density at radius 2 is 1.64 bits per heavy atom. The molecule has 4 nitrogen and oxygen atoms in total. The van der Waals surface area contributed by atoms with Crippen LogP contribution in [-0.4, -0.2) is 24.0 Å². The fourth-order valence-electron chi connectivity index (χ4n) is 4.12. The topological polar surface area (TPSA) is 68.0 Å². The highest BCUT2D eigenvalue weighted by Crippen LogP contribution is 2.28. The summed E-state index contributed by atoms with van der Waals surface area (Å²) in [5, 5.41) is 4.07. The number of nitrogens with zero attached hydrogens (tertiary/aromatic N) is 1. The molecular weight excluding hydrogens is 346 g/mol. The average Bonchev–Trinajstić information content (AvgIpc) is 2.77. The molecule has 0 saturated heterocycles. The molecule has 0 spiro atoms. The van der Waals surface area contributed by atoms with Crippen LogP contribution in [0.25, 0.3) is 22.2 Å². The van der Waals surface area contributed by atoms with Gasteiger partial charge in [-0.05, 0) is 56.2 Å². The number of fused-ring (bicyclic) bond motifs is 1. The van der Waals surface area contributed by atoms with Crippen LogP contribution < -0.4 is 11.1 Å². The summed E-state index contributed by atoms with van der Waals surface area (Å²) in [7, 11) is 0.